The number of rotatable bonds is 7. The van der Waals surface area contributed by atoms with Crippen LogP contribution in [0.3, 0.4) is 0 Å². The van der Waals surface area contributed by atoms with Crippen molar-refractivity contribution in [2.24, 2.45) is 5.92 Å². The lowest BCUT2D eigenvalue weighted by Gasteiger charge is -2.36. The van der Waals surface area contributed by atoms with Crippen molar-refractivity contribution >= 4 is 8.56 Å². The summed E-state index contributed by atoms with van der Waals surface area (Å²) in [5.41, 5.74) is 0.501. The third kappa shape index (κ3) is 4.67. The summed E-state index contributed by atoms with van der Waals surface area (Å²) < 4.78 is 12.3. The van der Waals surface area contributed by atoms with Crippen molar-refractivity contribution in [1.82, 2.24) is 0 Å². The van der Waals surface area contributed by atoms with Crippen LogP contribution in [0.15, 0.2) is 0 Å². The summed E-state index contributed by atoms with van der Waals surface area (Å²) in [6, 6.07) is 2.51. The van der Waals surface area contributed by atoms with E-state index in [2.05, 4.69) is 33.7 Å². The lowest BCUT2D eigenvalue weighted by molar-refractivity contribution is 0.178. The van der Waals surface area contributed by atoms with Gasteiger partial charge in [-0.15, -0.1) is 0 Å². The average molecular weight is 271 g/mol. The Morgan fingerprint density at radius 3 is 1.89 bits per heavy atom. The molecular weight excluding hydrogens is 240 g/mol. The van der Waals surface area contributed by atoms with Crippen molar-refractivity contribution < 1.29 is 8.85 Å². The molecule has 1 aliphatic rings. The Bertz CT molecular complexity index is 205. The fourth-order valence-corrected chi connectivity index (χ4v) is 6.14. The Kier molecular flexibility index (Phi) is 7.50. The molecule has 2 nitrogen and oxygen atoms in total. The van der Waals surface area contributed by atoms with E-state index < -0.39 is 8.56 Å². The molecule has 107 valence electrons. The van der Waals surface area contributed by atoms with Crippen LogP contribution in [-0.2, 0) is 8.85 Å². The van der Waals surface area contributed by atoms with Crippen molar-refractivity contribution in [3.63, 3.8) is 0 Å². The monoisotopic (exact) mass is 271 g/mol. The molecule has 3 heteroatoms. The van der Waals surface area contributed by atoms with Crippen LogP contribution in [0.4, 0.5) is 0 Å². The molecule has 0 aromatic carbocycles. The highest BCUT2D eigenvalue weighted by molar-refractivity contribution is 6.72. The van der Waals surface area contributed by atoms with E-state index in [1.165, 1.54) is 38.5 Å². The first-order valence-corrected chi connectivity index (χ1v) is 9.75. The maximum absolute atomic E-state index is 6.14. The lowest BCUT2D eigenvalue weighted by atomic mass is 10.0. The Hall–Kier alpha value is 0.137. The van der Waals surface area contributed by atoms with E-state index in [0.717, 1.165) is 19.1 Å². The van der Waals surface area contributed by atoms with E-state index in [1.54, 1.807) is 0 Å². The minimum Gasteiger partial charge on any atom is -0.394 e. The highest BCUT2D eigenvalue weighted by atomic mass is 28.4. The van der Waals surface area contributed by atoms with E-state index in [-0.39, 0.29) is 0 Å². The van der Waals surface area contributed by atoms with Crippen molar-refractivity contribution in [2.75, 3.05) is 13.2 Å². The van der Waals surface area contributed by atoms with Gasteiger partial charge in [-0.25, -0.2) is 0 Å². The molecule has 0 heterocycles. The third-order valence-corrected chi connectivity index (χ3v) is 7.94. The predicted molar refractivity (Wildman–Crippen MR) is 79.6 cm³/mol. The van der Waals surface area contributed by atoms with Gasteiger partial charge in [-0.2, -0.15) is 0 Å². The minimum atomic E-state index is -2.11. The highest BCUT2D eigenvalue weighted by Crippen LogP contribution is 2.34. The highest BCUT2D eigenvalue weighted by Gasteiger charge is 2.43. The smallest absolute Gasteiger partial charge is 0.344 e. The zero-order chi connectivity index (χ0) is 13.4. The van der Waals surface area contributed by atoms with Crippen LogP contribution >= 0.6 is 0 Å². The lowest BCUT2D eigenvalue weighted by Crippen LogP contribution is -2.48. The van der Waals surface area contributed by atoms with E-state index in [0.29, 0.717) is 5.54 Å². The standard InChI is InChI=1S/C15H31O2Si/c1-5-16-18(14(3)4,17-6-2)13-15-11-9-7-8-10-12-15/h13-15H,5-12H2,1-4H3. The molecule has 0 amide bonds. The molecule has 0 aromatic heterocycles. The van der Waals surface area contributed by atoms with E-state index in [9.17, 15) is 0 Å². The quantitative estimate of drug-likeness (QED) is 0.496. The van der Waals surface area contributed by atoms with E-state index in [4.69, 9.17) is 8.85 Å². The van der Waals surface area contributed by atoms with Crippen LogP contribution in [0, 0.1) is 12.0 Å². The van der Waals surface area contributed by atoms with Crippen LogP contribution in [0.2, 0.25) is 5.54 Å². The zero-order valence-corrected chi connectivity index (χ0v) is 13.7. The van der Waals surface area contributed by atoms with Gasteiger partial charge in [-0.3, -0.25) is 0 Å². The van der Waals surface area contributed by atoms with Crippen LogP contribution in [0.25, 0.3) is 0 Å². The summed E-state index contributed by atoms with van der Waals surface area (Å²) in [5.74, 6) is 0.722. The molecule has 0 spiro atoms. The summed E-state index contributed by atoms with van der Waals surface area (Å²) in [4.78, 5) is 0. The van der Waals surface area contributed by atoms with Gasteiger partial charge in [0.05, 0.1) is 0 Å². The van der Waals surface area contributed by atoms with Crippen molar-refractivity contribution in [2.45, 2.75) is 71.8 Å². The van der Waals surface area contributed by atoms with Crippen LogP contribution in [-0.4, -0.2) is 21.8 Å². The molecule has 1 rings (SSSR count). The summed E-state index contributed by atoms with van der Waals surface area (Å²) in [5, 5.41) is 0. The summed E-state index contributed by atoms with van der Waals surface area (Å²) >= 11 is 0. The average Bonchev–Trinajstić information content (AvgIpc) is 2.58. The van der Waals surface area contributed by atoms with Gasteiger partial charge in [-0.1, -0.05) is 52.4 Å². The third-order valence-electron chi connectivity index (χ3n) is 3.91. The maximum Gasteiger partial charge on any atom is 0.344 e. The summed E-state index contributed by atoms with van der Waals surface area (Å²) in [6.45, 7) is 10.2. The van der Waals surface area contributed by atoms with Gasteiger partial charge in [0, 0.05) is 19.3 Å². The number of hydrogen-bond acceptors (Lipinski definition) is 2. The Labute approximate surface area is 115 Å². The van der Waals surface area contributed by atoms with Crippen molar-refractivity contribution in [3.05, 3.63) is 6.04 Å². The van der Waals surface area contributed by atoms with E-state index in [1.807, 2.05) is 0 Å². The molecule has 0 bridgehead atoms. The minimum absolute atomic E-state index is 0.501. The first-order chi connectivity index (χ1) is 8.64. The van der Waals surface area contributed by atoms with Gasteiger partial charge in [0.25, 0.3) is 0 Å². The second-order valence-electron chi connectivity index (χ2n) is 5.66. The Morgan fingerprint density at radius 1 is 1.00 bits per heavy atom. The largest absolute Gasteiger partial charge is 0.394 e. The van der Waals surface area contributed by atoms with Crippen molar-refractivity contribution in [3.8, 4) is 0 Å². The predicted octanol–water partition coefficient (Wildman–Crippen LogP) is 4.63. The first kappa shape index (κ1) is 16.2. The van der Waals surface area contributed by atoms with Gasteiger partial charge in [0.2, 0.25) is 0 Å². The molecular formula is C15H31O2Si. The Balaban J connectivity index is 2.67. The molecule has 1 radical (unpaired) electrons. The molecule has 1 saturated carbocycles. The van der Waals surface area contributed by atoms with E-state index >= 15 is 0 Å². The van der Waals surface area contributed by atoms with Gasteiger partial charge in [-0.05, 0) is 25.3 Å². The normalized spacial score (nSPS) is 19.2. The zero-order valence-electron chi connectivity index (χ0n) is 12.7. The van der Waals surface area contributed by atoms with Crippen molar-refractivity contribution in [1.29, 1.82) is 0 Å². The van der Waals surface area contributed by atoms with Crippen LogP contribution in [0.1, 0.15) is 66.2 Å². The van der Waals surface area contributed by atoms with Gasteiger partial charge in [0.15, 0.2) is 0 Å². The molecule has 0 saturated heterocycles. The molecule has 1 fully saturated rings. The number of hydrogen-bond donors (Lipinski definition) is 0. The second kappa shape index (κ2) is 8.34. The maximum atomic E-state index is 6.14. The molecule has 0 atom stereocenters. The van der Waals surface area contributed by atoms with Gasteiger partial charge >= 0.3 is 8.56 Å². The Morgan fingerprint density at radius 2 is 1.50 bits per heavy atom. The topological polar surface area (TPSA) is 18.5 Å². The molecule has 0 unspecified atom stereocenters. The first-order valence-electron chi connectivity index (χ1n) is 7.78. The van der Waals surface area contributed by atoms with Crippen LogP contribution < -0.4 is 0 Å². The van der Waals surface area contributed by atoms with Gasteiger partial charge < -0.3 is 8.85 Å². The van der Waals surface area contributed by atoms with Gasteiger partial charge in [0.1, 0.15) is 0 Å². The fourth-order valence-electron chi connectivity index (χ4n) is 2.92. The fraction of sp³-hybridized carbons (Fsp3) is 0.933. The molecule has 1 aliphatic carbocycles. The molecule has 0 aromatic rings. The summed E-state index contributed by atoms with van der Waals surface area (Å²) in [6.07, 6.45) is 8.24. The summed E-state index contributed by atoms with van der Waals surface area (Å²) in [7, 11) is -2.11. The SMILES string of the molecule is CCO[Si]([CH]C1CCCCCC1)(OCC)C(C)C. The molecule has 18 heavy (non-hydrogen) atoms. The molecule has 0 N–H and O–H groups in total. The molecule has 0 aliphatic heterocycles. The second-order valence-corrected chi connectivity index (χ2v) is 9.17. The van der Waals surface area contributed by atoms with Crippen LogP contribution in [0.5, 0.6) is 0 Å².